The van der Waals surface area contributed by atoms with Crippen LogP contribution in [0.1, 0.15) is 31.2 Å². The summed E-state index contributed by atoms with van der Waals surface area (Å²) < 4.78 is 14.2. The smallest absolute Gasteiger partial charge is 0.187 e. The van der Waals surface area contributed by atoms with Crippen LogP contribution in [0.15, 0.2) is 18.5 Å². The van der Waals surface area contributed by atoms with E-state index in [1.165, 1.54) is 19.2 Å². The summed E-state index contributed by atoms with van der Waals surface area (Å²) in [4.78, 5) is 14.8. The van der Waals surface area contributed by atoms with Gasteiger partial charge in [0, 0.05) is 13.1 Å². The van der Waals surface area contributed by atoms with Crippen molar-refractivity contribution in [2.75, 3.05) is 23.3 Å². The van der Waals surface area contributed by atoms with Crippen molar-refractivity contribution in [2.45, 2.75) is 33.1 Å². The molecule has 5 nitrogen and oxygen atoms in total. The molecule has 0 spiro atoms. The fourth-order valence-corrected chi connectivity index (χ4v) is 2.67. The third-order valence-corrected chi connectivity index (χ3v) is 3.95. The number of pyridine rings is 1. The molecule has 0 bridgehead atoms. The fourth-order valence-electron chi connectivity index (χ4n) is 2.67. The number of aromatic nitrogens is 3. The third-order valence-electron chi connectivity index (χ3n) is 3.95. The Hall–Kier alpha value is -2.24. The third kappa shape index (κ3) is 2.86. The number of nitrogens with zero attached hydrogens (tertiary/aromatic N) is 4. The van der Waals surface area contributed by atoms with Crippen molar-refractivity contribution in [2.24, 2.45) is 0 Å². The van der Waals surface area contributed by atoms with Gasteiger partial charge >= 0.3 is 0 Å². The van der Waals surface area contributed by atoms with Gasteiger partial charge in [0.05, 0.1) is 17.1 Å². The maximum absolute atomic E-state index is 14.2. The molecule has 116 valence electrons. The summed E-state index contributed by atoms with van der Waals surface area (Å²) >= 11 is 0. The Morgan fingerprint density at radius 2 is 2.00 bits per heavy atom. The summed E-state index contributed by atoms with van der Waals surface area (Å²) in [7, 11) is 0. The first-order chi connectivity index (χ1) is 10.7. The van der Waals surface area contributed by atoms with Gasteiger partial charge in [-0.3, -0.25) is 0 Å². The Balaban J connectivity index is 1.83. The van der Waals surface area contributed by atoms with Gasteiger partial charge in [0.15, 0.2) is 11.6 Å². The van der Waals surface area contributed by atoms with E-state index in [1.807, 2.05) is 26.0 Å². The number of aryl methyl sites for hydroxylation is 2. The molecule has 1 fully saturated rings. The van der Waals surface area contributed by atoms with Crippen molar-refractivity contribution in [3.8, 4) is 0 Å². The largest absolute Gasteiger partial charge is 0.357 e. The van der Waals surface area contributed by atoms with Crippen LogP contribution in [0.3, 0.4) is 0 Å². The number of nitrogens with one attached hydrogen (secondary N) is 1. The minimum Gasteiger partial charge on any atom is -0.357 e. The summed E-state index contributed by atoms with van der Waals surface area (Å²) in [5, 5.41) is 3.03. The molecule has 1 aliphatic heterocycles. The maximum Gasteiger partial charge on any atom is 0.187 e. The van der Waals surface area contributed by atoms with Gasteiger partial charge in [0.1, 0.15) is 12.1 Å². The topological polar surface area (TPSA) is 53.9 Å². The van der Waals surface area contributed by atoms with Crippen LogP contribution in [0.4, 0.5) is 21.7 Å². The summed E-state index contributed by atoms with van der Waals surface area (Å²) in [5.41, 5.74) is 2.01. The quantitative estimate of drug-likeness (QED) is 0.939. The van der Waals surface area contributed by atoms with E-state index in [0.717, 1.165) is 30.3 Å². The van der Waals surface area contributed by atoms with E-state index in [4.69, 9.17) is 0 Å². The predicted molar refractivity (Wildman–Crippen MR) is 85.1 cm³/mol. The number of rotatable bonds is 4. The molecule has 6 heteroatoms. The highest BCUT2D eigenvalue weighted by Gasteiger charge is 2.15. The van der Waals surface area contributed by atoms with E-state index in [-0.39, 0.29) is 5.82 Å². The highest BCUT2D eigenvalue weighted by molar-refractivity contribution is 5.61. The average molecular weight is 301 g/mol. The van der Waals surface area contributed by atoms with Crippen LogP contribution >= 0.6 is 0 Å². The first kappa shape index (κ1) is 14.7. The monoisotopic (exact) mass is 301 g/mol. The first-order valence-corrected chi connectivity index (χ1v) is 7.68. The Labute approximate surface area is 129 Å². The van der Waals surface area contributed by atoms with Crippen LogP contribution in [0.2, 0.25) is 0 Å². The molecule has 2 aromatic heterocycles. The van der Waals surface area contributed by atoms with E-state index in [1.54, 1.807) is 0 Å². The van der Waals surface area contributed by atoms with Crippen LogP contribution < -0.4 is 10.2 Å². The number of halogens is 1. The minimum absolute atomic E-state index is 0.200. The standard InChI is InChI=1S/C16H20FN5/c1-3-12-15(17)16(19-10-18-12)21-13-6-7-14(20-11(13)2)22-8-4-5-9-22/h6-7,10H,3-5,8-9H2,1-2H3,(H,18,19,21). The lowest BCUT2D eigenvalue weighted by Gasteiger charge is -2.18. The van der Waals surface area contributed by atoms with Crippen LogP contribution in [-0.2, 0) is 6.42 Å². The van der Waals surface area contributed by atoms with Gasteiger partial charge in [0.25, 0.3) is 0 Å². The van der Waals surface area contributed by atoms with Gasteiger partial charge in [-0.2, -0.15) is 0 Å². The molecule has 0 atom stereocenters. The fraction of sp³-hybridized carbons (Fsp3) is 0.438. The molecular weight excluding hydrogens is 281 g/mol. The number of anilines is 3. The lowest BCUT2D eigenvalue weighted by molar-refractivity contribution is 0.598. The van der Waals surface area contributed by atoms with Crippen LogP contribution in [0.5, 0.6) is 0 Å². The van der Waals surface area contributed by atoms with Crippen molar-refractivity contribution in [3.63, 3.8) is 0 Å². The molecule has 3 heterocycles. The molecule has 0 saturated carbocycles. The molecule has 0 amide bonds. The molecule has 1 N–H and O–H groups in total. The summed E-state index contributed by atoms with van der Waals surface area (Å²) in [6, 6.07) is 3.91. The van der Waals surface area contributed by atoms with E-state index >= 15 is 0 Å². The molecule has 3 rings (SSSR count). The van der Waals surface area contributed by atoms with E-state index in [9.17, 15) is 4.39 Å². The summed E-state index contributed by atoms with van der Waals surface area (Å²) in [5.74, 6) is 0.789. The van der Waals surface area contributed by atoms with Gasteiger partial charge in [-0.05, 0) is 38.3 Å². The first-order valence-electron chi connectivity index (χ1n) is 7.68. The highest BCUT2D eigenvalue weighted by Crippen LogP contribution is 2.25. The Morgan fingerprint density at radius 3 is 2.68 bits per heavy atom. The van der Waals surface area contributed by atoms with Gasteiger partial charge < -0.3 is 10.2 Å². The summed E-state index contributed by atoms with van der Waals surface area (Å²) in [6.07, 6.45) is 4.35. The van der Waals surface area contributed by atoms with Crippen molar-refractivity contribution in [3.05, 3.63) is 35.7 Å². The molecule has 0 radical (unpaired) electrons. The van der Waals surface area contributed by atoms with Crippen LogP contribution in [0.25, 0.3) is 0 Å². The second kappa shape index (κ2) is 6.25. The van der Waals surface area contributed by atoms with Gasteiger partial charge in [0.2, 0.25) is 0 Å². The van der Waals surface area contributed by atoms with E-state index in [0.29, 0.717) is 12.1 Å². The zero-order chi connectivity index (χ0) is 15.5. The lowest BCUT2D eigenvalue weighted by atomic mass is 10.2. The van der Waals surface area contributed by atoms with Gasteiger partial charge in [-0.1, -0.05) is 6.92 Å². The molecule has 1 aliphatic rings. The highest BCUT2D eigenvalue weighted by atomic mass is 19.1. The van der Waals surface area contributed by atoms with Crippen LogP contribution in [-0.4, -0.2) is 28.0 Å². The lowest BCUT2D eigenvalue weighted by Crippen LogP contribution is -2.19. The molecule has 2 aromatic rings. The van der Waals surface area contributed by atoms with Gasteiger partial charge in [-0.15, -0.1) is 0 Å². The minimum atomic E-state index is -0.395. The molecule has 0 aliphatic carbocycles. The summed E-state index contributed by atoms with van der Waals surface area (Å²) in [6.45, 7) is 5.90. The van der Waals surface area contributed by atoms with E-state index in [2.05, 4.69) is 25.2 Å². The second-order valence-corrected chi connectivity index (χ2v) is 5.46. The van der Waals surface area contributed by atoms with Crippen molar-refractivity contribution in [1.29, 1.82) is 0 Å². The Kier molecular flexibility index (Phi) is 4.18. The zero-order valence-corrected chi connectivity index (χ0v) is 12.9. The predicted octanol–water partition coefficient (Wildman–Crippen LogP) is 3.23. The SMILES string of the molecule is CCc1ncnc(Nc2ccc(N3CCCC3)nc2C)c1F. The molecular formula is C16H20FN5. The normalized spacial score (nSPS) is 14.4. The van der Waals surface area contributed by atoms with Crippen molar-refractivity contribution >= 4 is 17.3 Å². The molecule has 22 heavy (non-hydrogen) atoms. The van der Waals surface area contributed by atoms with Gasteiger partial charge in [-0.25, -0.2) is 19.3 Å². The van der Waals surface area contributed by atoms with E-state index < -0.39 is 5.82 Å². The molecule has 0 aromatic carbocycles. The van der Waals surface area contributed by atoms with Crippen molar-refractivity contribution in [1.82, 2.24) is 15.0 Å². The average Bonchev–Trinajstić information content (AvgIpc) is 3.05. The Bertz CT molecular complexity index is 668. The zero-order valence-electron chi connectivity index (χ0n) is 12.9. The number of hydrogen-bond donors (Lipinski definition) is 1. The number of hydrogen-bond acceptors (Lipinski definition) is 5. The second-order valence-electron chi connectivity index (χ2n) is 5.46. The maximum atomic E-state index is 14.2. The molecule has 0 unspecified atom stereocenters. The van der Waals surface area contributed by atoms with Crippen molar-refractivity contribution < 1.29 is 4.39 Å². The van der Waals surface area contributed by atoms with Crippen LogP contribution in [0, 0.1) is 12.7 Å². The Morgan fingerprint density at radius 1 is 1.23 bits per heavy atom. The molecule has 1 saturated heterocycles.